The molecule has 2 aromatic heterocycles. The van der Waals surface area contributed by atoms with Crippen LogP contribution in [-0.4, -0.2) is 30.7 Å². The second kappa shape index (κ2) is 5.29. The van der Waals surface area contributed by atoms with Gasteiger partial charge in [0.2, 0.25) is 11.6 Å². The normalized spacial score (nSPS) is 12.1. The fourth-order valence-corrected chi connectivity index (χ4v) is 1.65. The van der Waals surface area contributed by atoms with Crippen LogP contribution in [0, 0.1) is 10.1 Å². The van der Waals surface area contributed by atoms with Crippen LogP contribution in [0.2, 0.25) is 0 Å². The number of nitrogens with zero attached hydrogens (tertiary/aromatic N) is 5. The van der Waals surface area contributed by atoms with Gasteiger partial charge in [0, 0.05) is 18.4 Å². The summed E-state index contributed by atoms with van der Waals surface area (Å²) in [6.07, 6.45) is 4.66. The molecule has 2 heterocycles. The number of nitrogens with one attached hydrogen (secondary N) is 1. The van der Waals surface area contributed by atoms with Gasteiger partial charge in [-0.2, -0.15) is 5.10 Å². The van der Waals surface area contributed by atoms with Crippen molar-refractivity contribution >= 4 is 17.3 Å². The minimum absolute atomic E-state index is 0.104. The Bertz CT molecular complexity index is 569. The number of hydrogen-bond acceptors (Lipinski definition) is 7. The summed E-state index contributed by atoms with van der Waals surface area (Å²) < 4.78 is 1.72. The van der Waals surface area contributed by atoms with Crippen molar-refractivity contribution in [3.8, 4) is 0 Å². The van der Waals surface area contributed by atoms with E-state index in [-0.39, 0.29) is 23.4 Å². The molecule has 0 bridgehead atoms. The van der Waals surface area contributed by atoms with Crippen molar-refractivity contribution < 1.29 is 4.92 Å². The van der Waals surface area contributed by atoms with E-state index in [1.807, 2.05) is 6.92 Å². The van der Waals surface area contributed by atoms with Crippen molar-refractivity contribution in [1.82, 2.24) is 19.7 Å². The maximum absolute atomic E-state index is 10.9. The molecule has 0 saturated carbocycles. The van der Waals surface area contributed by atoms with Gasteiger partial charge in [0.25, 0.3) is 0 Å². The standard InChI is InChI=1S/C10H13N7O2/c1-7(5-16-4-2-3-14-16)15-10-8(17(18)19)9(11)12-6-13-10/h2-4,6-7H,5H2,1H3,(H3,11,12,13,15). The monoisotopic (exact) mass is 263 g/mol. The highest BCUT2D eigenvalue weighted by Gasteiger charge is 2.21. The third-order valence-corrected chi connectivity index (χ3v) is 2.44. The van der Waals surface area contributed by atoms with Gasteiger partial charge < -0.3 is 11.1 Å². The van der Waals surface area contributed by atoms with Crippen molar-refractivity contribution in [3.05, 3.63) is 34.9 Å². The van der Waals surface area contributed by atoms with E-state index in [1.54, 1.807) is 23.1 Å². The highest BCUT2D eigenvalue weighted by molar-refractivity contribution is 5.67. The van der Waals surface area contributed by atoms with Gasteiger partial charge in [-0.3, -0.25) is 14.8 Å². The van der Waals surface area contributed by atoms with Gasteiger partial charge in [-0.15, -0.1) is 0 Å². The SMILES string of the molecule is CC(Cn1cccn1)Nc1ncnc(N)c1[N+](=O)[O-]. The molecule has 0 aliphatic heterocycles. The van der Waals surface area contributed by atoms with E-state index in [0.717, 1.165) is 0 Å². The van der Waals surface area contributed by atoms with Crippen LogP contribution in [0.25, 0.3) is 0 Å². The van der Waals surface area contributed by atoms with Crippen molar-refractivity contribution in [2.75, 3.05) is 11.1 Å². The van der Waals surface area contributed by atoms with Crippen LogP contribution in [0.5, 0.6) is 0 Å². The van der Waals surface area contributed by atoms with Gasteiger partial charge >= 0.3 is 5.69 Å². The van der Waals surface area contributed by atoms with Crippen LogP contribution >= 0.6 is 0 Å². The van der Waals surface area contributed by atoms with Crippen LogP contribution < -0.4 is 11.1 Å². The second-order valence-electron chi connectivity index (χ2n) is 3.99. The lowest BCUT2D eigenvalue weighted by Gasteiger charge is -2.14. The third-order valence-electron chi connectivity index (χ3n) is 2.44. The molecule has 19 heavy (non-hydrogen) atoms. The summed E-state index contributed by atoms with van der Waals surface area (Å²) >= 11 is 0. The highest BCUT2D eigenvalue weighted by atomic mass is 16.6. The van der Waals surface area contributed by atoms with E-state index in [9.17, 15) is 10.1 Å². The number of aromatic nitrogens is 4. The van der Waals surface area contributed by atoms with E-state index in [0.29, 0.717) is 6.54 Å². The molecule has 1 atom stereocenters. The maximum Gasteiger partial charge on any atom is 0.352 e. The van der Waals surface area contributed by atoms with Crippen LogP contribution in [0.4, 0.5) is 17.3 Å². The molecule has 3 N–H and O–H groups in total. The summed E-state index contributed by atoms with van der Waals surface area (Å²) in [6.45, 7) is 2.41. The molecule has 9 nitrogen and oxygen atoms in total. The van der Waals surface area contributed by atoms with Crippen LogP contribution in [0.3, 0.4) is 0 Å². The van der Waals surface area contributed by atoms with Crippen LogP contribution in [-0.2, 0) is 6.54 Å². The van der Waals surface area contributed by atoms with Crippen molar-refractivity contribution in [2.24, 2.45) is 0 Å². The first-order valence-electron chi connectivity index (χ1n) is 5.56. The zero-order valence-electron chi connectivity index (χ0n) is 10.2. The van der Waals surface area contributed by atoms with Crippen LogP contribution in [0.15, 0.2) is 24.8 Å². The lowest BCUT2D eigenvalue weighted by atomic mass is 10.3. The Morgan fingerprint density at radius 2 is 2.37 bits per heavy atom. The number of rotatable bonds is 5. The molecule has 0 fully saturated rings. The molecule has 2 rings (SSSR count). The molecule has 100 valence electrons. The van der Waals surface area contributed by atoms with E-state index < -0.39 is 4.92 Å². The Kier molecular flexibility index (Phi) is 3.55. The first-order chi connectivity index (χ1) is 9.08. The largest absolute Gasteiger partial charge is 0.378 e. The van der Waals surface area contributed by atoms with Crippen molar-refractivity contribution in [3.63, 3.8) is 0 Å². The molecule has 0 amide bonds. The number of anilines is 2. The maximum atomic E-state index is 10.9. The molecular weight excluding hydrogens is 250 g/mol. The summed E-state index contributed by atoms with van der Waals surface area (Å²) in [4.78, 5) is 17.8. The summed E-state index contributed by atoms with van der Waals surface area (Å²) in [5.41, 5.74) is 5.17. The summed E-state index contributed by atoms with van der Waals surface area (Å²) in [5.74, 6) is -0.0501. The lowest BCUT2D eigenvalue weighted by molar-refractivity contribution is -0.383. The van der Waals surface area contributed by atoms with E-state index in [2.05, 4.69) is 20.4 Å². The van der Waals surface area contributed by atoms with Gasteiger partial charge in [0.1, 0.15) is 6.33 Å². The summed E-state index contributed by atoms with van der Waals surface area (Å²) in [7, 11) is 0. The van der Waals surface area contributed by atoms with Crippen LogP contribution in [0.1, 0.15) is 6.92 Å². The molecule has 0 radical (unpaired) electrons. The van der Waals surface area contributed by atoms with Crippen molar-refractivity contribution in [2.45, 2.75) is 19.5 Å². The molecular formula is C10H13N7O2. The first kappa shape index (κ1) is 12.7. The Morgan fingerprint density at radius 1 is 1.58 bits per heavy atom. The molecule has 1 unspecified atom stereocenters. The second-order valence-corrected chi connectivity index (χ2v) is 3.99. The number of nitro groups is 1. The van der Waals surface area contributed by atoms with Gasteiger partial charge in [0.05, 0.1) is 11.5 Å². The molecule has 0 aliphatic rings. The summed E-state index contributed by atoms with van der Waals surface area (Å²) in [6, 6.07) is 1.70. The summed E-state index contributed by atoms with van der Waals surface area (Å²) in [5, 5.41) is 17.9. The third kappa shape index (κ3) is 2.94. The Hall–Kier alpha value is -2.71. The minimum atomic E-state index is -0.599. The molecule has 9 heteroatoms. The Morgan fingerprint density at radius 3 is 3.00 bits per heavy atom. The Labute approximate surface area is 108 Å². The quantitative estimate of drug-likeness (QED) is 0.599. The highest BCUT2D eigenvalue weighted by Crippen LogP contribution is 2.26. The number of hydrogen-bond donors (Lipinski definition) is 2. The number of nitrogens with two attached hydrogens (primary N) is 1. The molecule has 0 spiro atoms. The molecule has 0 saturated heterocycles. The van der Waals surface area contributed by atoms with E-state index in [1.165, 1.54) is 6.33 Å². The zero-order chi connectivity index (χ0) is 13.8. The zero-order valence-corrected chi connectivity index (χ0v) is 10.2. The van der Waals surface area contributed by atoms with Gasteiger partial charge in [-0.05, 0) is 13.0 Å². The fourth-order valence-electron chi connectivity index (χ4n) is 1.65. The first-order valence-corrected chi connectivity index (χ1v) is 5.56. The van der Waals surface area contributed by atoms with E-state index in [4.69, 9.17) is 5.73 Å². The minimum Gasteiger partial charge on any atom is -0.378 e. The predicted molar refractivity (Wildman–Crippen MR) is 68.4 cm³/mol. The average Bonchev–Trinajstić information content (AvgIpc) is 2.81. The fraction of sp³-hybridized carbons (Fsp3) is 0.300. The Balaban J connectivity index is 2.14. The van der Waals surface area contributed by atoms with Crippen molar-refractivity contribution in [1.29, 1.82) is 0 Å². The van der Waals surface area contributed by atoms with Gasteiger partial charge in [-0.1, -0.05) is 0 Å². The smallest absolute Gasteiger partial charge is 0.352 e. The molecule has 2 aromatic rings. The molecule has 0 aromatic carbocycles. The number of nitrogen functional groups attached to an aromatic ring is 1. The topological polar surface area (TPSA) is 125 Å². The molecule has 0 aliphatic carbocycles. The van der Waals surface area contributed by atoms with Gasteiger partial charge in [-0.25, -0.2) is 9.97 Å². The lowest BCUT2D eigenvalue weighted by Crippen LogP contribution is -2.23. The van der Waals surface area contributed by atoms with Gasteiger partial charge in [0.15, 0.2) is 0 Å². The average molecular weight is 263 g/mol. The van der Waals surface area contributed by atoms with E-state index >= 15 is 0 Å². The predicted octanol–water partition coefficient (Wildman–Crippen LogP) is 0.664.